The highest BCUT2D eigenvalue weighted by Gasteiger charge is 2.28. The first kappa shape index (κ1) is 16.7. The van der Waals surface area contributed by atoms with Crippen molar-refractivity contribution in [1.29, 1.82) is 0 Å². The van der Waals surface area contributed by atoms with Gasteiger partial charge in [0.25, 0.3) is 0 Å². The van der Waals surface area contributed by atoms with Gasteiger partial charge >= 0.3 is 0 Å². The third-order valence-electron chi connectivity index (χ3n) is 4.37. The summed E-state index contributed by atoms with van der Waals surface area (Å²) in [5.74, 6) is 1.89. The minimum Gasteiger partial charge on any atom is -0.367 e. The van der Waals surface area contributed by atoms with E-state index in [1.165, 1.54) is 0 Å². The number of carbonyl (C=O) groups is 1. The SMILES string of the molecule is CC(C)c1n[nH]c(C2CN(C(=O)CC(C)n3cccc3)CCO2)n1. The summed E-state index contributed by atoms with van der Waals surface area (Å²) in [6.45, 7) is 7.82. The second kappa shape index (κ2) is 7.17. The van der Waals surface area contributed by atoms with Gasteiger partial charge in [0.1, 0.15) is 6.10 Å². The second-order valence-electron chi connectivity index (χ2n) is 6.62. The number of H-pyrrole nitrogens is 1. The Labute approximate surface area is 142 Å². The average Bonchev–Trinajstić information content (AvgIpc) is 3.26. The van der Waals surface area contributed by atoms with Crippen LogP contribution >= 0.6 is 0 Å². The molecule has 24 heavy (non-hydrogen) atoms. The van der Waals surface area contributed by atoms with E-state index >= 15 is 0 Å². The number of hydrogen-bond donors (Lipinski definition) is 1. The Bertz CT molecular complexity index is 664. The van der Waals surface area contributed by atoms with Crippen molar-refractivity contribution in [3.63, 3.8) is 0 Å². The van der Waals surface area contributed by atoms with Crippen molar-refractivity contribution in [2.75, 3.05) is 19.7 Å². The molecule has 2 unspecified atom stereocenters. The van der Waals surface area contributed by atoms with Gasteiger partial charge in [-0.1, -0.05) is 13.8 Å². The van der Waals surface area contributed by atoms with Crippen LogP contribution in [0.25, 0.3) is 0 Å². The molecule has 1 fully saturated rings. The van der Waals surface area contributed by atoms with Crippen molar-refractivity contribution in [3.8, 4) is 0 Å². The Morgan fingerprint density at radius 2 is 2.12 bits per heavy atom. The number of morpholine rings is 1. The van der Waals surface area contributed by atoms with E-state index in [1.807, 2.05) is 43.3 Å². The molecule has 1 aliphatic rings. The fraction of sp³-hybridized carbons (Fsp3) is 0.588. The van der Waals surface area contributed by atoms with E-state index in [1.54, 1.807) is 0 Å². The molecule has 2 aromatic rings. The van der Waals surface area contributed by atoms with Crippen molar-refractivity contribution in [2.45, 2.75) is 45.3 Å². The molecule has 0 aromatic carbocycles. The van der Waals surface area contributed by atoms with Crippen LogP contribution in [0, 0.1) is 0 Å². The molecule has 1 N–H and O–H groups in total. The summed E-state index contributed by atoms with van der Waals surface area (Å²) in [4.78, 5) is 19.0. The quantitative estimate of drug-likeness (QED) is 0.912. The maximum absolute atomic E-state index is 12.6. The highest BCUT2D eigenvalue weighted by atomic mass is 16.5. The van der Waals surface area contributed by atoms with Crippen LogP contribution in [-0.4, -0.2) is 50.3 Å². The van der Waals surface area contributed by atoms with Gasteiger partial charge in [0.2, 0.25) is 5.91 Å². The molecule has 7 nitrogen and oxygen atoms in total. The van der Waals surface area contributed by atoms with Crippen molar-refractivity contribution in [3.05, 3.63) is 36.2 Å². The Kier molecular flexibility index (Phi) is 4.99. The first-order valence-corrected chi connectivity index (χ1v) is 8.48. The van der Waals surface area contributed by atoms with Crippen LogP contribution in [0.5, 0.6) is 0 Å². The Morgan fingerprint density at radius 1 is 1.38 bits per heavy atom. The molecular formula is C17H25N5O2. The topological polar surface area (TPSA) is 76.0 Å². The summed E-state index contributed by atoms with van der Waals surface area (Å²) < 4.78 is 7.84. The van der Waals surface area contributed by atoms with Gasteiger partial charge in [-0.2, -0.15) is 5.10 Å². The van der Waals surface area contributed by atoms with Crippen molar-refractivity contribution < 1.29 is 9.53 Å². The summed E-state index contributed by atoms with van der Waals surface area (Å²) in [6.07, 6.45) is 4.23. The minimum absolute atomic E-state index is 0.145. The van der Waals surface area contributed by atoms with E-state index in [2.05, 4.69) is 26.7 Å². The number of aromatic nitrogens is 4. The molecule has 0 bridgehead atoms. The summed E-state index contributed by atoms with van der Waals surface area (Å²) >= 11 is 0. The molecule has 130 valence electrons. The van der Waals surface area contributed by atoms with Crippen LogP contribution in [0.3, 0.4) is 0 Å². The molecule has 0 aliphatic carbocycles. The van der Waals surface area contributed by atoms with E-state index in [9.17, 15) is 4.79 Å². The monoisotopic (exact) mass is 331 g/mol. The van der Waals surface area contributed by atoms with Crippen LogP contribution in [0.1, 0.15) is 56.9 Å². The van der Waals surface area contributed by atoms with Gasteiger partial charge in [-0.05, 0) is 19.1 Å². The average molecular weight is 331 g/mol. The van der Waals surface area contributed by atoms with E-state index in [-0.39, 0.29) is 24.0 Å². The molecule has 1 amide bonds. The molecule has 2 atom stereocenters. The van der Waals surface area contributed by atoms with Gasteiger partial charge in [0.15, 0.2) is 11.6 Å². The molecule has 1 saturated heterocycles. The lowest BCUT2D eigenvalue weighted by Gasteiger charge is -2.32. The van der Waals surface area contributed by atoms with Gasteiger partial charge in [0.05, 0.1) is 13.2 Å². The first-order valence-electron chi connectivity index (χ1n) is 8.48. The second-order valence-corrected chi connectivity index (χ2v) is 6.62. The third-order valence-corrected chi connectivity index (χ3v) is 4.37. The molecule has 7 heteroatoms. The minimum atomic E-state index is -0.232. The van der Waals surface area contributed by atoms with E-state index < -0.39 is 0 Å². The summed E-state index contributed by atoms with van der Waals surface area (Å²) in [5, 5.41) is 7.17. The van der Waals surface area contributed by atoms with E-state index in [4.69, 9.17) is 4.74 Å². The van der Waals surface area contributed by atoms with Gasteiger partial charge in [-0.25, -0.2) is 4.98 Å². The van der Waals surface area contributed by atoms with E-state index in [0.29, 0.717) is 31.9 Å². The van der Waals surface area contributed by atoms with Crippen LogP contribution in [0.2, 0.25) is 0 Å². The number of amides is 1. The lowest BCUT2D eigenvalue weighted by Crippen LogP contribution is -2.43. The molecule has 1 aliphatic heterocycles. The summed E-state index contributed by atoms with van der Waals surface area (Å²) in [7, 11) is 0. The van der Waals surface area contributed by atoms with Crippen LogP contribution < -0.4 is 0 Å². The summed E-state index contributed by atoms with van der Waals surface area (Å²) in [5.41, 5.74) is 0. The zero-order valence-corrected chi connectivity index (χ0v) is 14.5. The highest BCUT2D eigenvalue weighted by molar-refractivity contribution is 5.76. The molecule has 0 spiro atoms. The van der Waals surface area contributed by atoms with Gasteiger partial charge in [-0.15, -0.1) is 0 Å². The molecule has 2 aromatic heterocycles. The van der Waals surface area contributed by atoms with E-state index in [0.717, 1.165) is 5.82 Å². The van der Waals surface area contributed by atoms with Crippen LogP contribution in [-0.2, 0) is 9.53 Å². The lowest BCUT2D eigenvalue weighted by molar-refractivity contribution is -0.140. The largest absolute Gasteiger partial charge is 0.367 e. The third kappa shape index (κ3) is 3.67. The first-order chi connectivity index (χ1) is 11.5. The maximum atomic E-state index is 12.6. The lowest BCUT2D eigenvalue weighted by atomic mass is 10.2. The van der Waals surface area contributed by atoms with Crippen molar-refractivity contribution in [1.82, 2.24) is 24.6 Å². The normalized spacial score (nSPS) is 19.7. The Morgan fingerprint density at radius 3 is 2.79 bits per heavy atom. The smallest absolute Gasteiger partial charge is 0.224 e. The molecule has 0 saturated carbocycles. The number of aromatic amines is 1. The zero-order chi connectivity index (χ0) is 17.1. The molecular weight excluding hydrogens is 306 g/mol. The Balaban J connectivity index is 1.61. The predicted octanol–water partition coefficient (Wildman–Crippen LogP) is 2.28. The fourth-order valence-corrected chi connectivity index (χ4v) is 2.86. The van der Waals surface area contributed by atoms with Gasteiger partial charge < -0.3 is 14.2 Å². The zero-order valence-electron chi connectivity index (χ0n) is 14.5. The number of carbonyl (C=O) groups excluding carboxylic acids is 1. The number of ether oxygens (including phenoxy) is 1. The Hall–Kier alpha value is -2.15. The fourth-order valence-electron chi connectivity index (χ4n) is 2.86. The highest BCUT2D eigenvalue weighted by Crippen LogP contribution is 2.22. The van der Waals surface area contributed by atoms with Gasteiger partial charge in [0, 0.05) is 37.3 Å². The molecule has 3 heterocycles. The number of rotatable bonds is 5. The predicted molar refractivity (Wildman–Crippen MR) is 89.5 cm³/mol. The van der Waals surface area contributed by atoms with Crippen molar-refractivity contribution in [2.24, 2.45) is 0 Å². The number of hydrogen-bond acceptors (Lipinski definition) is 4. The maximum Gasteiger partial charge on any atom is 0.224 e. The molecule has 0 radical (unpaired) electrons. The molecule has 3 rings (SSSR count). The van der Waals surface area contributed by atoms with Crippen molar-refractivity contribution >= 4 is 5.91 Å². The number of nitrogens with one attached hydrogen (secondary N) is 1. The van der Waals surface area contributed by atoms with Crippen LogP contribution in [0.15, 0.2) is 24.5 Å². The van der Waals surface area contributed by atoms with Gasteiger partial charge in [-0.3, -0.25) is 9.89 Å². The van der Waals surface area contributed by atoms with Crippen LogP contribution in [0.4, 0.5) is 0 Å². The summed E-state index contributed by atoms with van der Waals surface area (Å²) in [6, 6.07) is 4.09. The standard InChI is InChI=1S/C17H25N5O2/c1-12(2)16-18-17(20-19-16)14-11-22(8-9-24-14)15(23)10-13(3)21-6-4-5-7-21/h4-7,12-14H,8-11H2,1-3H3,(H,18,19,20). The number of nitrogens with zero attached hydrogens (tertiary/aromatic N) is 4.